The molecule has 1 heterocycles. The van der Waals surface area contributed by atoms with Crippen LogP contribution in [0.4, 0.5) is 13.2 Å². The summed E-state index contributed by atoms with van der Waals surface area (Å²) in [4.78, 5) is 30.2. The Morgan fingerprint density at radius 3 is 2.51 bits per heavy atom. The number of nitrogens with zero attached hydrogens (tertiary/aromatic N) is 3. The Bertz CT molecular complexity index is 1480. The molecule has 0 saturated carbocycles. The van der Waals surface area contributed by atoms with Gasteiger partial charge in [0.05, 0.1) is 34.1 Å². The molecule has 0 aliphatic carbocycles. The third-order valence-corrected chi connectivity index (χ3v) is 6.03. The Balaban J connectivity index is 1.56. The van der Waals surface area contributed by atoms with Crippen molar-refractivity contribution in [2.75, 3.05) is 5.75 Å². The number of aromatic nitrogens is 2. The van der Waals surface area contributed by atoms with Crippen LogP contribution in [0.15, 0.2) is 87.8 Å². The Morgan fingerprint density at radius 1 is 1.06 bits per heavy atom. The molecule has 0 atom stereocenters. The Hall–Kier alpha value is -3.92. The average molecular weight is 497 g/mol. The number of thioether (sulfide) groups is 1. The van der Waals surface area contributed by atoms with Crippen molar-refractivity contribution in [1.82, 2.24) is 15.0 Å². The fourth-order valence-corrected chi connectivity index (χ4v) is 4.24. The summed E-state index contributed by atoms with van der Waals surface area (Å²) in [5.41, 5.74) is 2.92. The van der Waals surface area contributed by atoms with E-state index in [9.17, 15) is 22.8 Å². The highest BCUT2D eigenvalue weighted by Gasteiger charge is 2.32. The number of alkyl halides is 3. The lowest BCUT2D eigenvalue weighted by molar-refractivity contribution is -0.137. The standard InChI is InChI=1S/C25H19F3N4O2S/c1-16-8-2-7-13-21(16)32-23(34)18-10-4-6-12-20(18)30-24(32)35-15-22(33)31-29-14-17-9-3-5-11-19(17)25(26,27)28/h2-14H,15H2,1H3,(H,31,33). The van der Waals surface area contributed by atoms with Crippen LogP contribution in [-0.2, 0) is 11.0 Å². The smallest absolute Gasteiger partial charge is 0.272 e. The molecule has 4 aromatic rings. The number of para-hydroxylation sites is 2. The Morgan fingerprint density at radius 2 is 1.74 bits per heavy atom. The van der Waals surface area contributed by atoms with Gasteiger partial charge in [-0.2, -0.15) is 18.3 Å². The van der Waals surface area contributed by atoms with Crippen molar-refractivity contribution in [2.24, 2.45) is 5.10 Å². The van der Waals surface area contributed by atoms with Crippen molar-refractivity contribution >= 4 is 34.8 Å². The topological polar surface area (TPSA) is 76.3 Å². The van der Waals surface area contributed by atoms with Gasteiger partial charge in [-0.05, 0) is 36.8 Å². The zero-order valence-electron chi connectivity index (χ0n) is 18.4. The van der Waals surface area contributed by atoms with E-state index in [-0.39, 0.29) is 16.9 Å². The van der Waals surface area contributed by atoms with Crippen LogP contribution in [0, 0.1) is 6.92 Å². The first-order valence-corrected chi connectivity index (χ1v) is 11.4. The van der Waals surface area contributed by atoms with Gasteiger partial charge < -0.3 is 0 Å². The van der Waals surface area contributed by atoms with E-state index < -0.39 is 17.6 Å². The number of carbonyl (C=O) groups excluding carboxylic acids is 1. The number of hydrogen-bond donors (Lipinski definition) is 1. The van der Waals surface area contributed by atoms with E-state index in [1.165, 1.54) is 22.8 Å². The molecule has 178 valence electrons. The summed E-state index contributed by atoms with van der Waals surface area (Å²) in [6, 6.07) is 19.2. The highest BCUT2D eigenvalue weighted by Crippen LogP contribution is 2.31. The van der Waals surface area contributed by atoms with Crippen LogP contribution in [0.2, 0.25) is 0 Å². The molecule has 0 aliphatic rings. The number of hydrazone groups is 1. The SMILES string of the molecule is Cc1ccccc1-n1c(SCC(=O)NN=Cc2ccccc2C(F)(F)F)nc2ccccc2c1=O. The largest absolute Gasteiger partial charge is 0.417 e. The fraction of sp³-hybridized carbons (Fsp3) is 0.120. The number of hydrogen-bond acceptors (Lipinski definition) is 5. The predicted molar refractivity (Wildman–Crippen MR) is 130 cm³/mol. The van der Waals surface area contributed by atoms with Gasteiger partial charge >= 0.3 is 6.18 Å². The van der Waals surface area contributed by atoms with Crippen LogP contribution in [0.3, 0.4) is 0 Å². The van der Waals surface area contributed by atoms with Crippen LogP contribution in [-0.4, -0.2) is 27.4 Å². The minimum atomic E-state index is -4.54. The minimum absolute atomic E-state index is 0.158. The molecular weight excluding hydrogens is 477 g/mol. The second kappa shape index (κ2) is 10.1. The molecule has 35 heavy (non-hydrogen) atoms. The Labute approximate surface area is 202 Å². The summed E-state index contributed by atoms with van der Waals surface area (Å²) in [5, 5.41) is 4.42. The van der Waals surface area contributed by atoms with E-state index >= 15 is 0 Å². The molecule has 10 heteroatoms. The third kappa shape index (κ3) is 5.43. The molecule has 3 aromatic carbocycles. The van der Waals surface area contributed by atoms with Crippen LogP contribution < -0.4 is 11.0 Å². The van der Waals surface area contributed by atoms with Gasteiger partial charge in [-0.1, -0.05) is 60.3 Å². The highest BCUT2D eigenvalue weighted by atomic mass is 32.2. The van der Waals surface area contributed by atoms with E-state index in [1.807, 2.05) is 19.1 Å². The first-order chi connectivity index (χ1) is 16.8. The molecule has 6 nitrogen and oxygen atoms in total. The summed E-state index contributed by atoms with van der Waals surface area (Å²) >= 11 is 1.03. The van der Waals surface area contributed by atoms with Gasteiger partial charge in [-0.25, -0.2) is 10.4 Å². The summed E-state index contributed by atoms with van der Waals surface area (Å²) in [6.07, 6.45) is -3.59. The molecule has 1 N–H and O–H groups in total. The van der Waals surface area contributed by atoms with Gasteiger partial charge in [-0.15, -0.1) is 0 Å². The quantitative estimate of drug-likeness (QED) is 0.177. The number of benzene rings is 3. The maximum atomic E-state index is 13.3. The summed E-state index contributed by atoms with van der Waals surface area (Å²) in [5.74, 6) is -0.718. The summed E-state index contributed by atoms with van der Waals surface area (Å²) < 4.78 is 40.8. The molecule has 0 bridgehead atoms. The van der Waals surface area contributed by atoms with Crippen LogP contribution >= 0.6 is 11.8 Å². The lowest BCUT2D eigenvalue weighted by Gasteiger charge is -2.14. The molecule has 1 amide bonds. The highest BCUT2D eigenvalue weighted by molar-refractivity contribution is 7.99. The van der Waals surface area contributed by atoms with Gasteiger partial charge in [0, 0.05) is 5.56 Å². The van der Waals surface area contributed by atoms with Gasteiger partial charge in [0.25, 0.3) is 11.5 Å². The molecule has 0 radical (unpaired) electrons. The third-order valence-electron chi connectivity index (χ3n) is 5.09. The van der Waals surface area contributed by atoms with Crippen molar-refractivity contribution in [3.63, 3.8) is 0 Å². The van der Waals surface area contributed by atoms with E-state index in [4.69, 9.17) is 0 Å². The van der Waals surface area contributed by atoms with E-state index in [0.717, 1.165) is 29.6 Å². The molecule has 0 fully saturated rings. The Kier molecular flexibility index (Phi) is 7.02. The van der Waals surface area contributed by atoms with E-state index in [0.29, 0.717) is 21.7 Å². The van der Waals surface area contributed by atoms with Crippen molar-refractivity contribution in [2.45, 2.75) is 18.3 Å². The van der Waals surface area contributed by atoms with Crippen molar-refractivity contribution < 1.29 is 18.0 Å². The maximum Gasteiger partial charge on any atom is 0.417 e. The van der Waals surface area contributed by atoms with E-state index in [1.54, 1.807) is 36.4 Å². The lowest BCUT2D eigenvalue weighted by atomic mass is 10.1. The normalized spacial score (nSPS) is 11.8. The molecule has 0 aliphatic heterocycles. The maximum absolute atomic E-state index is 13.3. The predicted octanol–water partition coefficient (Wildman–Crippen LogP) is 4.96. The first-order valence-electron chi connectivity index (χ1n) is 10.4. The second-order valence-corrected chi connectivity index (χ2v) is 8.45. The lowest BCUT2D eigenvalue weighted by Crippen LogP contribution is -2.24. The van der Waals surface area contributed by atoms with E-state index in [2.05, 4.69) is 15.5 Å². The number of nitrogens with one attached hydrogen (secondary N) is 1. The number of halogens is 3. The zero-order valence-corrected chi connectivity index (χ0v) is 19.2. The molecule has 0 saturated heterocycles. The fourth-order valence-electron chi connectivity index (χ4n) is 3.44. The van der Waals surface area contributed by atoms with Crippen LogP contribution in [0.5, 0.6) is 0 Å². The summed E-state index contributed by atoms with van der Waals surface area (Å²) in [6.45, 7) is 1.87. The van der Waals surface area contributed by atoms with Crippen LogP contribution in [0.25, 0.3) is 16.6 Å². The number of aryl methyl sites for hydroxylation is 1. The molecule has 4 rings (SSSR count). The van der Waals surface area contributed by atoms with Gasteiger partial charge in [0.2, 0.25) is 0 Å². The van der Waals surface area contributed by atoms with Crippen molar-refractivity contribution in [3.8, 4) is 5.69 Å². The second-order valence-electron chi connectivity index (χ2n) is 7.51. The number of rotatable bonds is 6. The molecule has 0 unspecified atom stereocenters. The van der Waals surface area contributed by atoms with Crippen molar-refractivity contribution in [3.05, 3.63) is 99.8 Å². The molecule has 0 spiro atoms. The number of fused-ring (bicyclic) bond motifs is 1. The average Bonchev–Trinajstić information content (AvgIpc) is 2.83. The number of amides is 1. The molecular formula is C25H19F3N4O2S. The minimum Gasteiger partial charge on any atom is -0.272 e. The van der Waals surface area contributed by atoms with Gasteiger partial charge in [-0.3, -0.25) is 14.2 Å². The van der Waals surface area contributed by atoms with Crippen LogP contribution in [0.1, 0.15) is 16.7 Å². The van der Waals surface area contributed by atoms with Gasteiger partial charge in [0.15, 0.2) is 5.16 Å². The summed E-state index contributed by atoms with van der Waals surface area (Å²) in [7, 11) is 0. The monoisotopic (exact) mass is 496 g/mol. The first kappa shape index (κ1) is 24.2. The number of carbonyl (C=O) groups is 1. The van der Waals surface area contributed by atoms with Gasteiger partial charge in [0.1, 0.15) is 0 Å². The zero-order chi connectivity index (χ0) is 25.0. The van der Waals surface area contributed by atoms with Crippen molar-refractivity contribution in [1.29, 1.82) is 0 Å². The molecule has 1 aromatic heterocycles.